The molecule has 0 spiro atoms. The number of nitrogens with two attached hydrogens (primary N) is 1. The van der Waals surface area contributed by atoms with E-state index >= 15 is 0 Å². The largest absolute Gasteiger partial charge is 0.275 e. The van der Waals surface area contributed by atoms with Crippen molar-refractivity contribution in [3.05, 3.63) is 52.6 Å². The molecule has 1 unspecified atom stereocenters. The molecule has 0 radical (unpaired) electrons. The van der Waals surface area contributed by atoms with Crippen LogP contribution in [0.15, 0.2) is 30.6 Å². The van der Waals surface area contributed by atoms with Gasteiger partial charge in [0.05, 0.1) is 12.2 Å². The minimum atomic E-state index is -0.309. The molecule has 1 aromatic carbocycles. The number of hydrogen-bond acceptors (Lipinski definition) is 3. The van der Waals surface area contributed by atoms with Crippen molar-refractivity contribution in [1.82, 2.24) is 15.2 Å². The molecule has 96 valence electrons. The van der Waals surface area contributed by atoms with E-state index in [2.05, 4.69) is 10.5 Å². The highest BCUT2D eigenvalue weighted by Gasteiger charge is 2.14. The van der Waals surface area contributed by atoms with Crippen molar-refractivity contribution in [2.45, 2.75) is 12.5 Å². The highest BCUT2D eigenvalue weighted by molar-refractivity contribution is 6.31. The molecule has 18 heavy (non-hydrogen) atoms. The lowest BCUT2D eigenvalue weighted by Gasteiger charge is -2.15. The molecule has 1 heterocycles. The second-order valence-corrected chi connectivity index (χ2v) is 4.51. The fraction of sp³-hybridized carbons (Fsp3) is 0.250. The van der Waals surface area contributed by atoms with Crippen LogP contribution >= 0.6 is 11.6 Å². The SMILES string of the molecule is Cn1cc(C(Cc2cc(F)ccc2Cl)NN)cn1. The molecule has 0 amide bonds. The first-order chi connectivity index (χ1) is 8.60. The summed E-state index contributed by atoms with van der Waals surface area (Å²) in [5.41, 5.74) is 4.33. The monoisotopic (exact) mass is 268 g/mol. The van der Waals surface area contributed by atoms with Gasteiger partial charge in [-0.2, -0.15) is 5.10 Å². The lowest BCUT2D eigenvalue weighted by Crippen LogP contribution is -2.29. The Morgan fingerprint density at radius 3 is 2.94 bits per heavy atom. The molecule has 1 aromatic heterocycles. The van der Waals surface area contributed by atoms with Gasteiger partial charge in [0, 0.05) is 23.8 Å². The zero-order chi connectivity index (χ0) is 13.1. The van der Waals surface area contributed by atoms with Crippen LogP contribution in [0, 0.1) is 5.82 Å². The number of halogens is 2. The minimum absolute atomic E-state index is 0.155. The molecule has 2 rings (SSSR count). The lowest BCUT2D eigenvalue weighted by molar-refractivity contribution is 0.548. The molecule has 0 fully saturated rings. The van der Waals surface area contributed by atoms with Crippen LogP contribution in [0.25, 0.3) is 0 Å². The summed E-state index contributed by atoms with van der Waals surface area (Å²) < 4.78 is 14.9. The van der Waals surface area contributed by atoms with E-state index in [0.717, 1.165) is 5.56 Å². The van der Waals surface area contributed by atoms with E-state index in [1.54, 1.807) is 16.9 Å². The van der Waals surface area contributed by atoms with Crippen molar-refractivity contribution in [2.75, 3.05) is 0 Å². The second-order valence-electron chi connectivity index (χ2n) is 4.11. The van der Waals surface area contributed by atoms with Crippen LogP contribution in [0.1, 0.15) is 17.2 Å². The van der Waals surface area contributed by atoms with E-state index in [-0.39, 0.29) is 11.9 Å². The van der Waals surface area contributed by atoms with Gasteiger partial charge in [-0.3, -0.25) is 16.0 Å². The van der Waals surface area contributed by atoms with Crippen LogP contribution in [0.4, 0.5) is 4.39 Å². The topological polar surface area (TPSA) is 55.9 Å². The normalized spacial score (nSPS) is 12.7. The third kappa shape index (κ3) is 2.87. The summed E-state index contributed by atoms with van der Waals surface area (Å²) in [5, 5.41) is 4.61. The van der Waals surface area contributed by atoms with Gasteiger partial charge in [-0.05, 0) is 30.2 Å². The molecular formula is C12H14ClFN4. The average Bonchev–Trinajstić information content (AvgIpc) is 2.77. The molecule has 0 aliphatic carbocycles. The third-order valence-corrected chi connectivity index (χ3v) is 3.13. The van der Waals surface area contributed by atoms with E-state index in [1.807, 2.05) is 13.2 Å². The lowest BCUT2D eigenvalue weighted by atomic mass is 10.0. The second kappa shape index (κ2) is 5.48. The molecule has 0 aliphatic heterocycles. The molecule has 1 atom stereocenters. The number of nitrogens with one attached hydrogen (secondary N) is 1. The van der Waals surface area contributed by atoms with Crippen LogP contribution in [-0.4, -0.2) is 9.78 Å². The molecule has 6 heteroatoms. The molecule has 3 N–H and O–H groups in total. The Labute approximate surface area is 110 Å². The van der Waals surface area contributed by atoms with Crippen LogP contribution < -0.4 is 11.3 Å². The standard InChI is InChI=1S/C12H14ClFN4/c1-18-7-9(6-16-18)12(17-15)5-8-4-10(14)2-3-11(8)13/h2-4,6-7,12,17H,5,15H2,1H3. The zero-order valence-electron chi connectivity index (χ0n) is 9.90. The predicted octanol–water partition coefficient (Wildman–Crippen LogP) is 1.96. The number of benzene rings is 1. The molecule has 2 aromatic rings. The maximum absolute atomic E-state index is 13.2. The van der Waals surface area contributed by atoms with Gasteiger partial charge in [-0.25, -0.2) is 4.39 Å². The van der Waals surface area contributed by atoms with E-state index in [4.69, 9.17) is 17.4 Å². The van der Waals surface area contributed by atoms with Crippen molar-refractivity contribution in [1.29, 1.82) is 0 Å². The van der Waals surface area contributed by atoms with Crippen molar-refractivity contribution in [3.63, 3.8) is 0 Å². The average molecular weight is 269 g/mol. The van der Waals surface area contributed by atoms with Crippen molar-refractivity contribution in [3.8, 4) is 0 Å². The Morgan fingerprint density at radius 1 is 1.56 bits per heavy atom. The Hall–Kier alpha value is -1.43. The molecule has 0 aliphatic rings. The molecule has 4 nitrogen and oxygen atoms in total. The first kappa shape index (κ1) is 13.0. The highest BCUT2D eigenvalue weighted by atomic mass is 35.5. The van der Waals surface area contributed by atoms with Crippen LogP contribution in [0.5, 0.6) is 0 Å². The van der Waals surface area contributed by atoms with Gasteiger partial charge < -0.3 is 0 Å². The zero-order valence-corrected chi connectivity index (χ0v) is 10.7. The van der Waals surface area contributed by atoms with E-state index in [9.17, 15) is 4.39 Å². The number of hydrazine groups is 1. The summed E-state index contributed by atoms with van der Waals surface area (Å²) in [6, 6.07) is 4.14. The Kier molecular flexibility index (Phi) is 3.96. The Morgan fingerprint density at radius 2 is 2.33 bits per heavy atom. The highest BCUT2D eigenvalue weighted by Crippen LogP contribution is 2.23. The van der Waals surface area contributed by atoms with E-state index in [0.29, 0.717) is 17.0 Å². The maximum Gasteiger partial charge on any atom is 0.123 e. The summed E-state index contributed by atoms with van der Waals surface area (Å²) >= 11 is 6.03. The van der Waals surface area contributed by atoms with Gasteiger partial charge in [0.1, 0.15) is 5.82 Å². The smallest absolute Gasteiger partial charge is 0.123 e. The predicted molar refractivity (Wildman–Crippen MR) is 68.4 cm³/mol. The van der Waals surface area contributed by atoms with Crippen molar-refractivity contribution >= 4 is 11.6 Å². The molecular weight excluding hydrogens is 255 g/mol. The van der Waals surface area contributed by atoms with E-state index < -0.39 is 0 Å². The maximum atomic E-state index is 13.2. The Balaban J connectivity index is 2.22. The van der Waals surface area contributed by atoms with Crippen molar-refractivity contribution in [2.24, 2.45) is 12.9 Å². The summed E-state index contributed by atoms with van der Waals surface area (Å²) in [6.45, 7) is 0. The van der Waals surface area contributed by atoms with Crippen LogP contribution in [-0.2, 0) is 13.5 Å². The van der Waals surface area contributed by atoms with Gasteiger partial charge in [0.2, 0.25) is 0 Å². The summed E-state index contributed by atoms with van der Waals surface area (Å²) in [4.78, 5) is 0. The van der Waals surface area contributed by atoms with Gasteiger partial charge in [-0.15, -0.1) is 0 Å². The van der Waals surface area contributed by atoms with Gasteiger partial charge >= 0.3 is 0 Å². The summed E-state index contributed by atoms with van der Waals surface area (Å²) in [7, 11) is 1.83. The number of aryl methyl sites for hydroxylation is 1. The summed E-state index contributed by atoms with van der Waals surface area (Å²) in [5.74, 6) is 5.22. The molecule has 0 saturated carbocycles. The van der Waals surface area contributed by atoms with Crippen LogP contribution in [0.2, 0.25) is 5.02 Å². The van der Waals surface area contributed by atoms with Crippen LogP contribution in [0.3, 0.4) is 0 Å². The molecule has 0 bridgehead atoms. The quantitative estimate of drug-likeness (QED) is 0.658. The Bertz CT molecular complexity index is 541. The fourth-order valence-electron chi connectivity index (χ4n) is 1.81. The first-order valence-corrected chi connectivity index (χ1v) is 5.86. The van der Waals surface area contributed by atoms with Crippen molar-refractivity contribution < 1.29 is 4.39 Å². The number of rotatable bonds is 4. The van der Waals surface area contributed by atoms with Gasteiger partial charge in [0.15, 0.2) is 0 Å². The summed E-state index contributed by atoms with van der Waals surface area (Å²) in [6.07, 6.45) is 4.08. The van der Waals surface area contributed by atoms with Gasteiger partial charge in [0.25, 0.3) is 0 Å². The molecule has 0 saturated heterocycles. The number of nitrogens with zero attached hydrogens (tertiary/aromatic N) is 2. The first-order valence-electron chi connectivity index (χ1n) is 5.48. The third-order valence-electron chi connectivity index (χ3n) is 2.76. The minimum Gasteiger partial charge on any atom is -0.275 e. The number of aromatic nitrogens is 2. The van der Waals surface area contributed by atoms with Gasteiger partial charge in [-0.1, -0.05) is 11.6 Å². The van der Waals surface area contributed by atoms with E-state index in [1.165, 1.54) is 12.1 Å². The fourth-order valence-corrected chi connectivity index (χ4v) is 2.01. The number of hydrogen-bond donors (Lipinski definition) is 2.